The van der Waals surface area contributed by atoms with Gasteiger partial charge in [-0.1, -0.05) is 17.7 Å². The van der Waals surface area contributed by atoms with E-state index in [1.807, 2.05) is 32.9 Å². The zero-order chi connectivity index (χ0) is 21.3. The van der Waals surface area contributed by atoms with Crippen molar-refractivity contribution < 1.29 is 26.4 Å². The lowest BCUT2D eigenvalue weighted by atomic mass is 10.1. The predicted octanol–water partition coefficient (Wildman–Crippen LogP) is 3.33. The smallest absolute Gasteiger partial charge is 0.376 e. The van der Waals surface area contributed by atoms with Gasteiger partial charge < -0.3 is 10.6 Å². The quantitative estimate of drug-likeness (QED) is 0.697. The molecule has 0 fully saturated rings. The minimum atomic E-state index is -4.83. The fraction of sp³-hybridized carbons (Fsp3) is 0.278. The fourth-order valence-electron chi connectivity index (χ4n) is 2.83. The minimum absolute atomic E-state index is 0.424. The van der Waals surface area contributed by atoms with E-state index in [1.165, 1.54) is 0 Å². The summed E-state index contributed by atoms with van der Waals surface area (Å²) in [4.78, 5) is 11.5. The van der Waals surface area contributed by atoms with Gasteiger partial charge in [-0.2, -0.15) is 13.2 Å². The van der Waals surface area contributed by atoms with Gasteiger partial charge in [-0.25, -0.2) is 13.6 Å². The van der Waals surface area contributed by atoms with Crippen molar-refractivity contribution in [3.63, 3.8) is 0 Å². The Morgan fingerprint density at radius 1 is 1.07 bits per heavy atom. The lowest BCUT2D eigenvalue weighted by Crippen LogP contribution is -2.24. The summed E-state index contributed by atoms with van der Waals surface area (Å²) in [6.07, 6.45) is -4.83. The van der Waals surface area contributed by atoms with Crippen molar-refractivity contribution in [2.24, 2.45) is 5.14 Å². The molecule has 0 aliphatic rings. The number of carbonyl (C=O) groups excluding carboxylic acids is 1. The summed E-state index contributed by atoms with van der Waals surface area (Å²) in [5, 5.41) is 9.96. The highest BCUT2D eigenvalue weighted by atomic mass is 32.2. The molecule has 0 spiro atoms. The molecule has 0 unspecified atom stereocenters. The summed E-state index contributed by atoms with van der Waals surface area (Å²) in [5.74, 6) is -0.543. The molecule has 0 saturated heterocycles. The highest BCUT2D eigenvalue weighted by Crippen LogP contribution is 2.36. The van der Waals surface area contributed by atoms with Gasteiger partial charge in [-0.05, 0) is 50.1 Å². The van der Waals surface area contributed by atoms with Crippen LogP contribution in [-0.4, -0.2) is 20.9 Å². The van der Waals surface area contributed by atoms with E-state index in [0.29, 0.717) is 11.8 Å². The molecule has 0 aliphatic carbocycles. The summed E-state index contributed by atoms with van der Waals surface area (Å²) < 4.78 is 62.4. The van der Waals surface area contributed by atoms with Crippen molar-refractivity contribution in [3.05, 3.63) is 52.6 Å². The molecule has 0 saturated carbocycles. The van der Waals surface area contributed by atoms with Gasteiger partial charge in [-0.15, -0.1) is 0 Å². The second kappa shape index (κ2) is 7.80. The van der Waals surface area contributed by atoms with Gasteiger partial charge in [0.25, 0.3) is 0 Å². The summed E-state index contributed by atoms with van der Waals surface area (Å²) >= 11 is 0. The molecule has 4 N–H and O–H groups in total. The molecule has 0 heterocycles. The first-order valence-electron chi connectivity index (χ1n) is 8.14. The van der Waals surface area contributed by atoms with Gasteiger partial charge in [0, 0.05) is 11.4 Å². The van der Waals surface area contributed by atoms with Crippen LogP contribution in [0.15, 0.2) is 35.2 Å². The number of nitrogens with one attached hydrogen (secondary N) is 2. The van der Waals surface area contributed by atoms with Crippen LogP contribution in [0.2, 0.25) is 0 Å². The van der Waals surface area contributed by atoms with Crippen LogP contribution in [0, 0.1) is 20.8 Å². The van der Waals surface area contributed by atoms with Gasteiger partial charge >= 0.3 is 6.18 Å². The van der Waals surface area contributed by atoms with E-state index in [1.54, 1.807) is 0 Å². The zero-order valence-electron chi connectivity index (χ0n) is 15.4. The Kier molecular flexibility index (Phi) is 6.05. The number of hydrogen-bond donors (Lipinski definition) is 3. The number of nitrogens with two attached hydrogens (primary N) is 1. The van der Waals surface area contributed by atoms with Crippen molar-refractivity contribution in [3.8, 4) is 0 Å². The summed E-state index contributed by atoms with van der Waals surface area (Å²) in [6, 6.07) is 6.06. The molecular weight excluding hydrogens is 395 g/mol. The Bertz CT molecular complexity index is 995. The normalized spacial score (nSPS) is 12.0. The largest absolute Gasteiger partial charge is 0.418 e. The monoisotopic (exact) mass is 415 g/mol. The Hall–Kier alpha value is -2.59. The third-order valence-electron chi connectivity index (χ3n) is 4.01. The molecule has 1 amide bonds. The molecule has 2 rings (SSSR count). The molecule has 10 heteroatoms. The molecule has 0 aromatic heterocycles. The minimum Gasteiger partial charge on any atom is -0.376 e. The SMILES string of the molecule is Cc1cc(C)c(NC(=O)CNc2ccc(S(N)(=O)=O)cc2C(F)(F)F)c(C)c1. The number of aryl methyl sites for hydroxylation is 3. The maximum Gasteiger partial charge on any atom is 0.418 e. The first kappa shape index (κ1) is 21.7. The van der Waals surface area contributed by atoms with E-state index in [0.717, 1.165) is 28.8 Å². The molecule has 2 aromatic carbocycles. The maximum atomic E-state index is 13.3. The van der Waals surface area contributed by atoms with E-state index in [9.17, 15) is 26.4 Å². The number of halogens is 3. The number of amides is 1. The lowest BCUT2D eigenvalue weighted by molar-refractivity contribution is -0.137. The first-order valence-corrected chi connectivity index (χ1v) is 9.69. The van der Waals surface area contributed by atoms with Crippen molar-refractivity contribution >= 4 is 27.3 Å². The van der Waals surface area contributed by atoms with E-state index < -0.39 is 44.8 Å². The number of alkyl halides is 3. The molecule has 0 aliphatic heterocycles. The van der Waals surface area contributed by atoms with Crippen LogP contribution in [0.5, 0.6) is 0 Å². The van der Waals surface area contributed by atoms with E-state index in [2.05, 4.69) is 10.6 Å². The Labute approximate surface area is 161 Å². The number of sulfonamides is 1. The maximum absolute atomic E-state index is 13.3. The Morgan fingerprint density at radius 3 is 2.14 bits per heavy atom. The highest BCUT2D eigenvalue weighted by molar-refractivity contribution is 7.89. The van der Waals surface area contributed by atoms with Crippen LogP contribution >= 0.6 is 0 Å². The van der Waals surface area contributed by atoms with Crippen LogP contribution < -0.4 is 15.8 Å². The van der Waals surface area contributed by atoms with Crippen LogP contribution in [0.4, 0.5) is 24.5 Å². The summed E-state index contributed by atoms with van der Waals surface area (Å²) in [6.45, 7) is 5.11. The van der Waals surface area contributed by atoms with Crippen molar-refractivity contribution in [1.29, 1.82) is 0 Å². The lowest BCUT2D eigenvalue weighted by Gasteiger charge is -2.16. The molecule has 28 heavy (non-hydrogen) atoms. The average molecular weight is 415 g/mol. The number of carbonyl (C=O) groups is 1. The predicted molar refractivity (Wildman–Crippen MR) is 101 cm³/mol. The molecule has 0 bridgehead atoms. The topological polar surface area (TPSA) is 101 Å². The van der Waals surface area contributed by atoms with Gasteiger partial charge in [-0.3, -0.25) is 4.79 Å². The van der Waals surface area contributed by atoms with E-state index >= 15 is 0 Å². The fourth-order valence-corrected chi connectivity index (χ4v) is 3.37. The standard InChI is InChI=1S/C18H20F3N3O3S/c1-10-6-11(2)17(12(3)7-10)24-16(25)9-23-15-5-4-13(28(22,26)27)8-14(15)18(19,20)21/h4-8,23H,9H2,1-3H3,(H,24,25)(H2,22,26,27). The van der Waals surface area contributed by atoms with Gasteiger partial charge in [0.2, 0.25) is 15.9 Å². The zero-order valence-corrected chi connectivity index (χ0v) is 16.3. The Balaban J connectivity index is 2.21. The molecule has 152 valence electrons. The third-order valence-corrected chi connectivity index (χ3v) is 4.92. The van der Waals surface area contributed by atoms with E-state index in [-0.39, 0.29) is 0 Å². The summed E-state index contributed by atoms with van der Waals surface area (Å²) in [7, 11) is -4.29. The van der Waals surface area contributed by atoms with Crippen LogP contribution in [0.1, 0.15) is 22.3 Å². The number of primary sulfonamides is 1. The second-order valence-electron chi connectivity index (χ2n) is 6.43. The van der Waals surface area contributed by atoms with Gasteiger partial charge in [0.05, 0.1) is 17.0 Å². The van der Waals surface area contributed by atoms with Crippen LogP contribution in [0.3, 0.4) is 0 Å². The van der Waals surface area contributed by atoms with Gasteiger partial charge in [0.1, 0.15) is 0 Å². The van der Waals surface area contributed by atoms with Gasteiger partial charge in [0.15, 0.2) is 0 Å². The number of rotatable bonds is 5. The molecule has 0 radical (unpaired) electrons. The van der Waals surface area contributed by atoms with Crippen LogP contribution in [-0.2, 0) is 21.0 Å². The van der Waals surface area contributed by atoms with Crippen molar-refractivity contribution in [2.75, 3.05) is 17.2 Å². The number of benzene rings is 2. The molecule has 0 atom stereocenters. The van der Waals surface area contributed by atoms with Crippen LogP contribution in [0.25, 0.3) is 0 Å². The molecular formula is C18H20F3N3O3S. The second-order valence-corrected chi connectivity index (χ2v) is 7.99. The van der Waals surface area contributed by atoms with Crippen molar-refractivity contribution in [1.82, 2.24) is 0 Å². The number of hydrogen-bond acceptors (Lipinski definition) is 4. The number of anilines is 2. The summed E-state index contributed by atoms with van der Waals surface area (Å²) in [5.41, 5.74) is 1.63. The van der Waals surface area contributed by atoms with Crippen molar-refractivity contribution in [2.45, 2.75) is 31.8 Å². The first-order chi connectivity index (χ1) is 12.8. The van der Waals surface area contributed by atoms with E-state index in [4.69, 9.17) is 5.14 Å². The third kappa shape index (κ3) is 5.23. The molecule has 6 nitrogen and oxygen atoms in total. The average Bonchev–Trinajstić information content (AvgIpc) is 2.54. The Morgan fingerprint density at radius 2 is 1.64 bits per heavy atom. The molecule has 2 aromatic rings. The highest BCUT2D eigenvalue weighted by Gasteiger charge is 2.34.